The summed E-state index contributed by atoms with van der Waals surface area (Å²) >= 11 is 0. The molecule has 4 rings (SSSR count). The summed E-state index contributed by atoms with van der Waals surface area (Å²) in [5, 5.41) is 7.26. The summed E-state index contributed by atoms with van der Waals surface area (Å²) in [5.41, 5.74) is 3.16. The third-order valence-corrected chi connectivity index (χ3v) is 6.02. The average Bonchev–Trinajstić information content (AvgIpc) is 3.41. The van der Waals surface area contributed by atoms with Gasteiger partial charge in [-0.1, -0.05) is 29.4 Å². The minimum absolute atomic E-state index is 0.282. The molecule has 0 aliphatic carbocycles. The summed E-state index contributed by atoms with van der Waals surface area (Å²) < 4.78 is 21.5. The number of carbonyl (C=O) groups excluding carboxylic acids is 1. The minimum atomic E-state index is -0.322. The summed E-state index contributed by atoms with van der Waals surface area (Å²) in [6.45, 7) is 0.669. The zero-order valence-electron chi connectivity index (χ0n) is 21.4. The van der Waals surface area contributed by atoms with Crippen molar-refractivity contribution in [1.29, 1.82) is 0 Å². The number of ether oxygens (including phenoxy) is 4. The van der Waals surface area contributed by atoms with Gasteiger partial charge in [-0.25, -0.2) is 4.79 Å². The van der Waals surface area contributed by atoms with Crippen molar-refractivity contribution in [1.82, 2.24) is 4.90 Å². The van der Waals surface area contributed by atoms with E-state index in [4.69, 9.17) is 23.8 Å². The molecule has 37 heavy (non-hydrogen) atoms. The SMILES string of the molecule is COc1cccc(CN(CC2CC(c3ccc(OC)c(OC)c3)=NO2)C(=O)Nc2ccccc2OC)c1. The van der Waals surface area contributed by atoms with Gasteiger partial charge in [0, 0.05) is 18.5 Å². The number of hydrogen-bond donors (Lipinski definition) is 1. The Kier molecular flexibility index (Phi) is 8.35. The van der Waals surface area contributed by atoms with Crippen LogP contribution in [0.1, 0.15) is 17.5 Å². The van der Waals surface area contributed by atoms with Gasteiger partial charge in [-0.15, -0.1) is 0 Å². The highest BCUT2D eigenvalue weighted by atomic mass is 16.6. The fraction of sp³-hybridized carbons (Fsp3) is 0.286. The van der Waals surface area contributed by atoms with Gasteiger partial charge in [0.05, 0.1) is 46.4 Å². The molecule has 0 radical (unpaired) electrons. The molecule has 1 N–H and O–H groups in total. The first-order valence-electron chi connectivity index (χ1n) is 11.8. The number of benzene rings is 3. The van der Waals surface area contributed by atoms with Gasteiger partial charge in [0.1, 0.15) is 11.5 Å². The number of oxime groups is 1. The van der Waals surface area contributed by atoms with Crippen molar-refractivity contribution in [2.45, 2.75) is 19.1 Å². The van der Waals surface area contributed by atoms with Crippen LogP contribution in [0, 0.1) is 0 Å². The largest absolute Gasteiger partial charge is 0.497 e. The Morgan fingerprint density at radius 3 is 2.46 bits per heavy atom. The maximum Gasteiger partial charge on any atom is 0.322 e. The highest BCUT2D eigenvalue weighted by Crippen LogP contribution is 2.30. The first-order valence-corrected chi connectivity index (χ1v) is 11.8. The van der Waals surface area contributed by atoms with E-state index in [2.05, 4.69) is 10.5 Å². The molecule has 194 valence electrons. The Labute approximate surface area is 216 Å². The normalized spacial score (nSPS) is 14.3. The van der Waals surface area contributed by atoms with Crippen LogP contribution in [0.25, 0.3) is 0 Å². The van der Waals surface area contributed by atoms with E-state index in [1.54, 1.807) is 45.5 Å². The standard InChI is InChI=1S/C28H31N3O6/c1-33-21-9-7-8-19(14-21)17-31(28(32)29-23-10-5-6-11-25(23)34-2)18-22-16-24(30-37-22)20-12-13-26(35-3)27(15-20)36-4/h5-15,22H,16-18H2,1-4H3,(H,29,32). The molecule has 0 saturated heterocycles. The maximum atomic E-state index is 13.4. The maximum absolute atomic E-state index is 13.4. The van der Waals surface area contributed by atoms with Crippen LogP contribution in [0.15, 0.2) is 71.9 Å². The second kappa shape index (κ2) is 12.0. The van der Waals surface area contributed by atoms with Crippen LogP contribution in [0.2, 0.25) is 0 Å². The van der Waals surface area contributed by atoms with Crippen LogP contribution in [0.3, 0.4) is 0 Å². The van der Waals surface area contributed by atoms with Gasteiger partial charge >= 0.3 is 6.03 Å². The first kappa shape index (κ1) is 25.7. The second-order valence-electron chi connectivity index (χ2n) is 8.40. The molecule has 3 aromatic carbocycles. The summed E-state index contributed by atoms with van der Waals surface area (Å²) in [7, 11) is 6.37. The van der Waals surface area contributed by atoms with E-state index in [1.807, 2.05) is 54.6 Å². The zero-order chi connectivity index (χ0) is 26.2. The lowest BCUT2D eigenvalue weighted by molar-refractivity contribution is 0.0608. The lowest BCUT2D eigenvalue weighted by Crippen LogP contribution is -2.40. The molecule has 0 spiro atoms. The number of nitrogens with one attached hydrogen (secondary N) is 1. The monoisotopic (exact) mass is 505 g/mol. The fourth-order valence-electron chi connectivity index (χ4n) is 4.11. The van der Waals surface area contributed by atoms with Crippen molar-refractivity contribution in [2.75, 3.05) is 40.3 Å². The molecule has 2 amide bonds. The molecule has 0 bridgehead atoms. The van der Waals surface area contributed by atoms with Crippen LogP contribution in [-0.2, 0) is 11.4 Å². The Balaban J connectivity index is 1.51. The Hall–Kier alpha value is -4.40. The summed E-state index contributed by atoms with van der Waals surface area (Å²) in [4.78, 5) is 20.9. The topological polar surface area (TPSA) is 90.9 Å². The van der Waals surface area contributed by atoms with Crippen LogP contribution >= 0.6 is 0 Å². The first-order chi connectivity index (χ1) is 18.0. The molecule has 9 nitrogen and oxygen atoms in total. The van der Waals surface area contributed by atoms with Gasteiger partial charge in [0.15, 0.2) is 17.6 Å². The lowest BCUT2D eigenvalue weighted by atomic mass is 10.0. The zero-order valence-corrected chi connectivity index (χ0v) is 21.4. The number of para-hydroxylation sites is 2. The molecule has 0 saturated carbocycles. The summed E-state index contributed by atoms with van der Waals surface area (Å²) in [6, 6.07) is 20.2. The summed E-state index contributed by atoms with van der Waals surface area (Å²) in [6.07, 6.45) is 0.212. The van der Waals surface area contributed by atoms with Crippen LogP contribution < -0.4 is 24.3 Å². The van der Waals surface area contributed by atoms with Crippen molar-refractivity contribution in [3.05, 3.63) is 77.9 Å². The number of urea groups is 1. The minimum Gasteiger partial charge on any atom is -0.497 e. The number of nitrogens with zero attached hydrogens (tertiary/aromatic N) is 2. The molecule has 0 aromatic heterocycles. The molecule has 1 heterocycles. The van der Waals surface area contributed by atoms with E-state index < -0.39 is 0 Å². The van der Waals surface area contributed by atoms with Crippen LogP contribution in [-0.4, -0.2) is 57.7 Å². The van der Waals surface area contributed by atoms with Crippen molar-refractivity contribution in [3.8, 4) is 23.0 Å². The van der Waals surface area contributed by atoms with E-state index in [-0.39, 0.29) is 12.1 Å². The molecular weight excluding hydrogens is 474 g/mol. The number of rotatable bonds is 10. The highest BCUT2D eigenvalue weighted by molar-refractivity contribution is 6.01. The van der Waals surface area contributed by atoms with Crippen molar-refractivity contribution in [2.24, 2.45) is 5.16 Å². The second-order valence-corrected chi connectivity index (χ2v) is 8.40. The highest BCUT2D eigenvalue weighted by Gasteiger charge is 2.28. The van der Waals surface area contributed by atoms with E-state index in [0.29, 0.717) is 42.4 Å². The molecule has 1 unspecified atom stereocenters. The fourth-order valence-corrected chi connectivity index (χ4v) is 4.11. The number of methoxy groups -OCH3 is 4. The summed E-state index contributed by atoms with van der Waals surface area (Å²) in [5.74, 6) is 2.55. The number of carbonyl (C=O) groups is 1. The Morgan fingerprint density at radius 1 is 0.919 bits per heavy atom. The lowest BCUT2D eigenvalue weighted by Gasteiger charge is -2.26. The van der Waals surface area contributed by atoms with Gasteiger partial charge < -0.3 is 34.0 Å². The predicted molar refractivity (Wildman–Crippen MR) is 141 cm³/mol. The smallest absolute Gasteiger partial charge is 0.322 e. The molecule has 9 heteroatoms. The van der Waals surface area contributed by atoms with E-state index >= 15 is 0 Å². The molecule has 3 aromatic rings. The van der Waals surface area contributed by atoms with E-state index in [9.17, 15) is 4.79 Å². The number of hydrogen-bond acceptors (Lipinski definition) is 7. The van der Waals surface area contributed by atoms with Gasteiger partial charge in [-0.05, 0) is 48.0 Å². The Morgan fingerprint density at radius 2 is 1.70 bits per heavy atom. The average molecular weight is 506 g/mol. The quantitative estimate of drug-likeness (QED) is 0.419. The molecule has 0 fully saturated rings. The van der Waals surface area contributed by atoms with Gasteiger partial charge in [-0.2, -0.15) is 0 Å². The molecule has 1 aliphatic heterocycles. The number of anilines is 1. The predicted octanol–water partition coefficient (Wildman–Crippen LogP) is 4.95. The van der Waals surface area contributed by atoms with Crippen molar-refractivity contribution < 1.29 is 28.6 Å². The molecule has 1 aliphatic rings. The third-order valence-electron chi connectivity index (χ3n) is 6.02. The van der Waals surface area contributed by atoms with Crippen LogP contribution in [0.5, 0.6) is 23.0 Å². The van der Waals surface area contributed by atoms with Crippen molar-refractivity contribution >= 4 is 17.4 Å². The molecular formula is C28H31N3O6. The van der Waals surface area contributed by atoms with E-state index in [0.717, 1.165) is 22.6 Å². The third kappa shape index (κ3) is 6.24. The van der Waals surface area contributed by atoms with E-state index in [1.165, 1.54) is 0 Å². The van der Waals surface area contributed by atoms with Gasteiger partial charge in [0.2, 0.25) is 0 Å². The van der Waals surface area contributed by atoms with Gasteiger partial charge in [-0.3, -0.25) is 0 Å². The van der Waals surface area contributed by atoms with Crippen LogP contribution in [0.4, 0.5) is 10.5 Å². The Bertz CT molecular complexity index is 1260. The van der Waals surface area contributed by atoms with Crippen molar-refractivity contribution in [3.63, 3.8) is 0 Å². The van der Waals surface area contributed by atoms with Gasteiger partial charge in [0.25, 0.3) is 0 Å². The molecule has 1 atom stereocenters. The number of amides is 2.